The zero-order chi connectivity index (χ0) is 29.4. The van der Waals surface area contributed by atoms with Crippen molar-refractivity contribution in [2.45, 2.75) is 71.1 Å². The minimum Gasteiger partial charge on any atom is -0.444 e. The lowest BCUT2D eigenvalue weighted by Crippen LogP contribution is -2.50. The second-order valence-corrected chi connectivity index (χ2v) is 12.5. The molecule has 0 radical (unpaired) electrons. The highest BCUT2D eigenvalue weighted by atomic mass is 16.6. The number of hydrogen-bond donors (Lipinski definition) is 1. The van der Waals surface area contributed by atoms with Gasteiger partial charge in [-0.3, -0.25) is 14.8 Å². The van der Waals surface area contributed by atoms with E-state index in [1.807, 2.05) is 51.2 Å². The number of nitriles is 1. The van der Waals surface area contributed by atoms with Crippen LogP contribution in [-0.2, 0) is 22.6 Å². The molecule has 1 unspecified atom stereocenters. The van der Waals surface area contributed by atoms with Gasteiger partial charge in [-0.25, -0.2) is 14.8 Å². The summed E-state index contributed by atoms with van der Waals surface area (Å²) in [5.41, 5.74) is 3.72. The number of benzene rings is 1. The smallest absolute Gasteiger partial charge is 0.410 e. The van der Waals surface area contributed by atoms with Gasteiger partial charge in [0.15, 0.2) is 0 Å². The van der Waals surface area contributed by atoms with Crippen molar-refractivity contribution in [3.63, 3.8) is 0 Å². The Morgan fingerprint density at radius 2 is 2.05 bits per heavy atom. The van der Waals surface area contributed by atoms with Crippen LogP contribution < -0.4 is 10.2 Å². The zero-order valence-corrected chi connectivity index (χ0v) is 24.7. The number of morpholine rings is 1. The molecule has 1 aromatic carbocycles. The Morgan fingerprint density at radius 1 is 1.19 bits per heavy atom. The predicted molar refractivity (Wildman–Crippen MR) is 159 cm³/mol. The molecule has 1 amide bonds. The Kier molecular flexibility index (Phi) is 7.60. The van der Waals surface area contributed by atoms with E-state index in [1.165, 1.54) is 0 Å². The molecule has 6 rings (SSSR count). The number of carbonyl (C=O) groups excluding carboxylic acids is 1. The Balaban J connectivity index is 1.05. The number of carbonyl (C=O) groups is 1. The van der Waals surface area contributed by atoms with Gasteiger partial charge in [0, 0.05) is 67.8 Å². The average Bonchev–Trinajstić information content (AvgIpc) is 3.57. The Bertz CT molecular complexity index is 1520. The third kappa shape index (κ3) is 6.10. The van der Waals surface area contributed by atoms with E-state index in [4.69, 9.17) is 14.5 Å². The summed E-state index contributed by atoms with van der Waals surface area (Å²) in [4.78, 5) is 32.7. The fourth-order valence-electron chi connectivity index (χ4n) is 6.13. The van der Waals surface area contributed by atoms with Crippen LogP contribution in [0.25, 0.3) is 10.9 Å². The van der Waals surface area contributed by atoms with E-state index >= 15 is 0 Å². The molecule has 1 N–H and O–H groups in total. The number of fused-ring (bicyclic) bond motifs is 2. The van der Waals surface area contributed by atoms with Crippen molar-refractivity contribution in [3.05, 3.63) is 53.5 Å². The Hall–Kier alpha value is -4.01. The molecule has 11 heteroatoms. The van der Waals surface area contributed by atoms with Crippen molar-refractivity contribution >= 4 is 28.6 Å². The van der Waals surface area contributed by atoms with Crippen LogP contribution in [0.5, 0.6) is 0 Å². The van der Waals surface area contributed by atoms with Gasteiger partial charge in [-0.1, -0.05) is 0 Å². The summed E-state index contributed by atoms with van der Waals surface area (Å²) in [5.74, 6) is 0.599. The summed E-state index contributed by atoms with van der Waals surface area (Å²) < 4.78 is 11.9. The van der Waals surface area contributed by atoms with Gasteiger partial charge in [0.2, 0.25) is 5.95 Å². The van der Waals surface area contributed by atoms with Gasteiger partial charge in [-0.05, 0) is 58.4 Å². The topological polar surface area (TPSA) is 120 Å². The SMILES string of the molecule is C[C@@H]1CN(c2ccc(C#N)c3ncccc23)C[C@H](CN2CCC(Nc3ncc4c(n3)CN(C(=O)OC(C)(C)C)C4)C2)O1. The molecule has 3 aromatic rings. The fraction of sp³-hybridized carbons (Fsp3) is 0.516. The van der Waals surface area contributed by atoms with E-state index in [-0.39, 0.29) is 24.3 Å². The first-order valence-corrected chi connectivity index (χ1v) is 14.6. The maximum Gasteiger partial charge on any atom is 0.410 e. The van der Waals surface area contributed by atoms with E-state index in [9.17, 15) is 10.1 Å². The number of pyridine rings is 1. The summed E-state index contributed by atoms with van der Waals surface area (Å²) in [6, 6.07) is 10.4. The molecule has 0 aliphatic carbocycles. The summed E-state index contributed by atoms with van der Waals surface area (Å²) >= 11 is 0. The standard InChI is InChI=1S/C31H38N8O3/c1-20-14-38(27-8-7-21(12-32)28-25(27)6-5-10-33-28)18-24(41-20)17-37-11-9-23(16-37)35-29-34-13-22-15-39(19-26(22)36-29)30(40)42-31(2,3)4/h5-8,10,13,20,23-24H,9,11,14-19H2,1-4H3,(H,34,35,36)/t20-,23?,24+/m1/s1. The van der Waals surface area contributed by atoms with Gasteiger partial charge in [-0.2, -0.15) is 5.26 Å². The Labute approximate surface area is 246 Å². The van der Waals surface area contributed by atoms with Crippen LogP contribution in [0.4, 0.5) is 16.4 Å². The minimum atomic E-state index is -0.535. The molecular weight excluding hydrogens is 532 g/mol. The fourth-order valence-corrected chi connectivity index (χ4v) is 6.13. The van der Waals surface area contributed by atoms with Crippen LogP contribution in [-0.4, -0.2) is 87.4 Å². The van der Waals surface area contributed by atoms with Crippen molar-refractivity contribution in [1.82, 2.24) is 24.8 Å². The molecule has 3 atom stereocenters. The molecule has 3 aliphatic rings. The van der Waals surface area contributed by atoms with Crippen molar-refractivity contribution in [2.24, 2.45) is 0 Å². The van der Waals surface area contributed by atoms with Crippen molar-refractivity contribution in [3.8, 4) is 6.07 Å². The summed E-state index contributed by atoms with van der Waals surface area (Å²) in [6.45, 7) is 12.9. The quantitative estimate of drug-likeness (QED) is 0.483. The second-order valence-electron chi connectivity index (χ2n) is 12.5. The van der Waals surface area contributed by atoms with Crippen LogP contribution in [0, 0.1) is 11.3 Å². The van der Waals surface area contributed by atoms with Gasteiger partial charge in [0.1, 0.15) is 11.7 Å². The summed E-state index contributed by atoms with van der Waals surface area (Å²) in [5, 5.41) is 14.0. The number of hydrogen-bond acceptors (Lipinski definition) is 10. The lowest BCUT2D eigenvalue weighted by atomic mass is 10.1. The third-order valence-electron chi connectivity index (χ3n) is 7.91. The molecular formula is C31H38N8O3. The summed E-state index contributed by atoms with van der Waals surface area (Å²) in [6.07, 6.45) is 4.36. The lowest BCUT2D eigenvalue weighted by Gasteiger charge is -2.40. The molecule has 42 heavy (non-hydrogen) atoms. The number of ether oxygens (including phenoxy) is 2. The van der Waals surface area contributed by atoms with Crippen LogP contribution >= 0.6 is 0 Å². The first-order chi connectivity index (χ1) is 20.1. The molecule has 2 aromatic heterocycles. The average molecular weight is 571 g/mol. The van der Waals surface area contributed by atoms with Gasteiger partial charge < -0.3 is 19.7 Å². The monoisotopic (exact) mass is 570 g/mol. The van der Waals surface area contributed by atoms with Crippen molar-refractivity contribution in [2.75, 3.05) is 42.9 Å². The normalized spacial score (nSPS) is 22.7. The number of nitrogens with zero attached hydrogens (tertiary/aromatic N) is 7. The molecule has 0 spiro atoms. The summed E-state index contributed by atoms with van der Waals surface area (Å²) in [7, 11) is 0. The third-order valence-corrected chi connectivity index (χ3v) is 7.91. The van der Waals surface area contributed by atoms with Gasteiger partial charge >= 0.3 is 6.09 Å². The molecule has 3 aliphatic heterocycles. The lowest BCUT2D eigenvalue weighted by molar-refractivity contribution is -0.0294. The molecule has 2 fully saturated rings. The van der Waals surface area contributed by atoms with Crippen LogP contribution in [0.1, 0.15) is 50.9 Å². The number of likely N-dealkylation sites (tertiary alicyclic amines) is 1. The van der Waals surface area contributed by atoms with E-state index in [0.29, 0.717) is 24.6 Å². The van der Waals surface area contributed by atoms with E-state index < -0.39 is 5.60 Å². The largest absolute Gasteiger partial charge is 0.444 e. The molecule has 2 saturated heterocycles. The second kappa shape index (κ2) is 11.3. The van der Waals surface area contributed by atoms with Crippen LogP contribution in [0.2, 0.25) is 0 Å². The van der Waals surface area contributed by atoms with E-state index in [0.717, 1.165) is 67.0 Å². The van der Waals surface area contributed by atoms with E-state index in [1.54, 1.807) is 11.1 Å². The Morgan fingerprint density at radius 3 is 2.86 bits per heavy atom. The first-order valence-electron chi connectivity index (χ1n) is 14.6. The highest BCUT2D eigenvalue weighted by molar-refractivity contribution is 5.95. The number of nitrogens with one attached hydrogen (secondary N) is 1. The van der Waals surface area contributed by atoms with Crippen molar-refractivity contribution in [1.29, 1.82) is 5.26 Å². The number of aromatic nitrogens is 3. The number of rotatable bonds is 5. The highest BCUT2D eigenvalue weighted by Gasteiger charge is 2.32. The van der Waals surface area contributed by atoms with Gasteiger partial charge in [-0.15, -0.1) is 0 Å². The first kappa shape index (κ1) is 28.1. The molecule has 0 saturated carbocycles. The predicted octanol–water partition coefficient (Wildman–Crippen LogP) is 3.93. The maximum atomic E-state index is 12.5. The number of anilines is 2. The maximum absolute atomic E-state index is 12.5. The molecule has 5 heterocycles. The minimum absolute atomic E-state index is 0.0601. The van der Waals surface area contributed by atoms with Crippen molar-refractivity contribution < 1.29 is 14.3 Å². The number of amides is 1. The van der Waals surface area contributed by atoms with E-state index in [2.05, 4.69) is 38.1 Å². The molecule has 220 valence electrons. The van der Waals surface area contributed by atoms with Gasteiger partial charge in [0.25, 0.3) is 0 Å². The molecule has 11 nitrogen and oxygen atoms in total. The molecule has 0 bridgehead atoms. The zero-order valence-electron chi connectivity index (χ0n) is 24.7. The van der Waals surface area contributed by atoms with Crippen LogP contribution in [0.15, 0.2) is 36.7 Å². The van der Waals surface area contributed by atoms with Gasteiger partial charge in [0.05, 0.1) is 42.1 Å². The highest BCUT2D eigenvalue weighted by Crippen LogP contribution is 2.31. The van der Waals surface area contributed by atoms with Crippen LogP contribution in [0.3, 0.4) is 0 Å².